The van der Waals surface area contributed by atoms with Crippen LogP contribution in [0.3, 0.4) is 0 Å². The third-order valence-corrected chi connectivity index (χ3v) is 3.41. The van der Waals surface area contributed by atoms with Gasteiger partial charge in [-0.2, -0.15) is 0 Å². The Morgan fingerprint density at radius 1 is 1.21 bits per heavy atom. The van der Waals surface area contributed by atoms with Crippen LogP contribution in [0.25, 0.3) is 0 Å². The molecule has 6 heteroatoms. The van der Waals surface area contributed by atoms with E-state index in [0.717, 1.165) is 6.54 Å². The van der Waals surface area contributed by atoms with Crippen molar-refractivity contribution in [1.82, 2.24) is 15.5 Å². The zero-order valence-corrected chi connectivity index (χ0v) is 12.1. The second-order valence-corrected chi connectivity index (χ2v) is 4.59. The summed E-state index contributed by atoms with van der Waals surface area (Å²) in [6.45, 7) is 9.02. The van der Waals surface area contributed by atoms with Crippen LogP contribution in [0.5, 0.6) is 0 Å². The SMILES string of the molecule is CCNC1COCC1C(=O)NCC(=O)N(CC)CC. The summed E-state index contributed by atoms with van der Waals surface area (Å²) in [4.78, 5) is 25.5. The van der Waals surface area contributed by atoms with Crippen molar-refractivity contribution < 1.29 is 14.3 Å². The maximum atomic E-state index is 12.0. The van der Waals surface area contributed by atoms with Gasteiger partial charge in [-0.05, 0) is 20.4 Å². The highest BCUT2D eigenvalue weighted by molar-refractivity contribution is 5.86. The van der Waals surface area contributed by atoms with Crippen LogP contribution in [0, 0.1) is 5.92 Å². The third kappa shape index (κ3) is 4.47. The molecule has 0 spiro atoms. The molecule has 0 saturated carbocycles. The topological polar surface area (TPSA) is 70.7 Å². The number of likely N-dealkylation sites (N-methyl/N-ethyl adjacent to an activating group) is 2. The van der Waals surface area contributed by atoms with E-state index in [1.807, 2.05) is 20.8 Å². The van der Waals surface area contributed by atoms with Gasteiger partial charge in [0.15, 0.2) is 0 Å². The number of carbonyl (C=O) groups is 2. The highest BCUT2D eigenvalue weighted by Gasteiger charge is 2.33. The van der Waals surface area contributed by atoms with Gasteiger partial charge in [0.25, 0.3) is 0 Å². The number of nitrogens with one attached hydrogen (secondary N) is 2. The molecule has 1 heterocycles. The van der Waals surface area contributed by atoms with E-state index in [0.29, 0.717) is 26.3 Å². The fourth-order valence-corrected chi connectivity index (χ4v) is 2.26. The predicted octanol–water partition coefficient (Wildman–Crippen LogP) is -0.404. The maximum absolute atomic E-state index is 12.0. The van der Waals surface area contributed by atoms with E-state index in [1.54, 1.807) is 4.90 Å². The first-order chi connectivity index (χ1) is 9.13. The van der Waals surface area contributed by atoms with Crippen molar-refractivity contribution in [2.75, 3.05) is 39.4 Å². The number of hydrogen-bond acceptors (Lipinski definition) is 4. The van der Waals surface area contributed by atoms with Gasteiger partial charge in [-0.25, -0.2) is 0 Å². The Labute approximate surface area is 114 Å². The second kappa shape index (κ2) is 8.12. The fourth-order valence-electron chi connectivity index (χ4n) is 2.26. The average Bonchev–Trinajstić information content (AvgIpc) is 2.86. The minimum absolute atomic E-state index is 0.0442. The van der Waals surface area contributed by atoms with Crippen LogP contribution in [-0.2, 0) is 14.3 Å². The van der Waals surface area contributed by atoms with Crippen LogP contribution in [-0.4, -0.2) is 62.1 Å². The summed E-state index contributed by atoms with van der Waals surface area (Å²) in [5, 5.41) is 5.94. The summed E-state index contributed by atoms with van der Waals surface area (Å²) in [6.07, 6.45) is 0. The number of ether oxygens (including phenoxy) is 1. The molecule has 110 valence electrons. The fraction of sp³-hybridized carbons (Fsp3) is 0.846. The monoisotopic (exact) mass is 271 g/mol. The number of hydrogen-bond donors (Lipinski definition) is 2. The highest BCUT2D eigenvalue weighted by atomic mass is 16.5. The Balaban J connectivity index is 2.40. The van der Waals surface area contributed by atoms with Crippen molar-refractivity contribution >= 4 is 11.8 Å². The van der Waals surface area contributed by atoms with E-state index in [2.05, 4.69) is 10.6 Å². The van der Waals surface area contributed by atoms with Gasteiger partial charge in [-0.15, -0.1) is 0 Å². The molecular formula is C13H25N3O3. The van der Waals surface area contributed by atoms with Gasteiger partial charge in [0.1, 0.15) is 0 Å². The van der Waals surface area contributed by atoms with E-state index < -0.39 is 0 Å². The zero-order chi connectivity index (χ0) is 14.3. The number of amides is 2. The first-order valence-corrected chi connectivity index (χ1v) is 7.00. The van der Waals surface area contributed by atoms with Gasteiger partial charge in [-0.3, -0.25) is 9.59 Å². The molecule has 0 bridgehead atoms. The first-order valence-electron chi connectivity index (χ1n) is 7.00. The molecular weight excluding hydrogens is 246 g/mol. The molecule has 2 amide bonds. The molecule has 0 radical (unpaired) electrons. The van der Waals surface area contributed by atoms with E-state index in [-0.39, 0.29) is 30.3 Å². The molecule has 0 aromatic carbocycles. The standard InChI is InChI=1S/C13H25N3O3/c1-4-14-11-9-19-8-10(11)13(18)15-7-12(17)16(5-2)6-3/h10-11,14H,4-9H2,1-3H3,(H,15,18). The lowest BCUT2D eigenvalue weighted by Gasteiger charge is -2.21. The summed E-state index contributed by atoms with van der Waals surface area (Å²) >= 11 is 0. The quantitative estimate of drug-likeness (QED) is 0.661. The van der Waals surface area contributed by atoms with Gasteiger partial charge in [0.05, 0.1) is 25.7 Å². The van der Waals surface area contributed by atoms with Crippen molar-refractivity contribution in [2.45, 2.75) is 26.8 Å². The Kier molecular flexibility index (Phi) is 6.80. The summed E-state index contributed by atoms with van der Waals surface area (Å²) in [5.74, 6) is -0.356. The summed E-state index contributed by atoms with van der Waals surface area (Å²) in [5.41, 5.74) is 0. The molecule has 2 atom stereocenters. The normalized spacial score (nSPS) is 22.3. The largest absolute Gasteiger partial charge is 0.379 e. The van der Waals surface area contributed by atoms with Crippen molar-refractivity contribution in [2.24, 2.45) is 5.92 Å². The van der Waals surface area contributed by atoms with E-state index in [9.17, 15) is 9.59 Å². The lowest BCUT2D eigenvalue weighted by atomic mass is 10.0. The summed E-state index contributed by atoms with van der Waals surface area (Å²) in [7, 11) is 0. The van der Waals surface area contributed by atoms with E-state index in [1.165, 1.54) is 0 Å². The Hall–Kier alpha value is -1.14. The van der Waals surface area contributed by atoms with Gasteiger partial charge >= 0.3 is 0 Å². The second-order valence-electron chi connectivity index (χ2n) is 4.59. The van der Waals surface area contributed by atoms with Gasteiger partial charge in [0, 0.05) is 19.1 Å². The highest BCUT2D eigenvalue weighted by Crippen LogP contribution is 2.13. The summed E-state index contributed by atoms with van der Waals surface area (Å²) < 4.78 is 5.32. The van der Waals surface area contributed by atoms with Crippen LogP contribution in [0.15, 0.2) is 0 Å². The van der Waals surface area contributed by atoms with E-state index >= 15 is 0 Å². The molecule has 2 N–H and O–H groups in total. The molecule has 2 unspecified atom stereocenters. The van der Waals surface area contributed by atoms with Crippen molar-refractivity contribution in [3.05, 3.63) is 0 Å². The van der Waals surface area contributed by atoms with Crippen LogP contribution in [0.4, 0.5) is 0 Å². The Bertz CT molecular complexity index is 306. The molecule has 0 aliphatic carbocycles. The van der Waals surface area contributed by atoms with E-state index in [4.69, 9.17) is 4.74 Å². The third-order valence-electron chi connectivity index (χ3n) is 3.41. The van der Waals surface area contributed by atoms with Crippen LogP contribution >= 0.6 is 0 Å². The van der Waals surface area contributed by atoms with Crippen molar-refractivity contribution in [1.29, 1.82) is 0 Å². The molecule has 6 nitrogen and oxygen atoms in total. The lowest BCUT2D eigenvalue weighted by molar-refractivity contribution is -0.133. The predicted molar refractivity (Wildman–Crippen MR) is 72.7 cm³/mol. The minimum Gasteiger partial charge on any atom is -0.379 e. The number of carbonyl (C=O) groups excluding carboxylic acids is 2. The Morgan fingerprint density at radius 2 is 1.89 bits per heavy atom. The maximum Gasteiger partial charge on any atom is 0.241 e. The van der Waals surface area contributed by atoms with Crippen LogP contribution < -0.4 is 10.6 Å². The van der Waals surface area contributed by atoms with Gasteiger partial charge in [-0.1, -0.05) is 6.92 Å². The number of rotatable bonds is 7. The number of nitrogens with zero attached hydrogens (tertiary/aromatic N) is 1. The molecule has 1 aliphatic rings. The van der Waals surface area contributed by atoms with Crippen LogP contribution in [0.1, 0.15) is 20.8 Å². The van der Waals surface area contributed by atoms with Gasteiger partial charge in [0.2, 0.25) is 11.8 Å². The average molecular weight is 271 g/mol. The molecule has 0 aromatic heterocycles. The smallest absolute Gasteiger partial charge is 0.241 e. The molecule has 1 rings (SSSR count). The molecule has 0 aromatic rings. The summed E-state index contributed by atoms with van der Waals surface area (Å²) in [6, 6.07) is 0.0496. The molecule has 19 heavy (non-hydrogen) atoms. The van der Waals surface area contributed by atoms with Crippen molar-refractivity contribution in [3.8, 4) is 0 Å². The Morgan fingerprint density at radius 3 is 2.47 bits per heavy atom. The van der Waals surface area contributed by atoms with Gasteiger partial charge < -0.3 is 20.3 Å². The van der Waals surface area contributed by atoms with Crippen LogP contribution in [0.2, 0.25) is 0 Å². The molecule has 1 fully saturated rings. The lowest BCUT2D eigenvalue weighted by Crippen LogP contribution is -2.47. The molecule has 1 saturated heterocycles. The minimum atomic E-state index is -0.204. The first kappa shape index (κ1) is 15.9. The van der Waals surface area contributed by atoms with Crippen molar-refractivity contribution in [3.63, 3.8) is 0 Å². The molecule has 1 aliphatic heterocycles. The zero-order valence-electron chi connectivity index (χ0n) is 12.1.